The molecule has 6 heteroatoms. The number of nitrogen functional groups attached to an aromatic ring is 1. The first-order valence-corrected chi connectivity index (χ1v) is 6.65. The van der Waals surface area contributed by atoms with Crippen LogP contribution < -0.4 is 11.1 Å². The van der Waals surface area contributed by atoms with E-state index >= 15 is 0 Å². The van der Waals surface area contributed by atoms with E-state index in [4.69, 9.17) is 5.73 Å². The monoisotopic (exact) mass is 262 g/mol. The molecule has 0 aliphatic carbocycles. The van der Waals surface area contributed by atoms with E-state index in [2.05, 4.69) is 41.1 Å². The van der Waals surface area contributed by atoms with Gasteiger partial charge in [-0.1, -0.05) is 6.92 Å². The molecule has 1 atom stereocenters. The topological polar surface area (TPSA) is 71.5 Å². The largest absolute Gasteiger partial charge is 0.382 e. The minimum Gasteiger partial charge on any atom is -0.382 e. The zero-order chi connectivity index (χ0) is 13.8. The Labute approximate surface area is 113 Å². The third kappa shape index (κ3) is 3.14. The van der Waals surface area contributed by atoms with Crippen LogP contribution in [-0.4, -0.2) is 45.4 Å². The van der Waals surface area contributed by atoms with Gasteiger partial charge in [-0.15, -0.1) is 0 Å². The molecule has 1 unspecified atom stereocenters. The summed E-state index contributed by atoms with van der Waals surface area (Å²) in [5.74, 6) is 1.23. The molecule has 0 spiro atoms. The van der Waals surface area contributed by atoms with E-state index in [1.54, 1.807) is 12.4 Å². The van der Waals surface area contributed by atoms with Gasteiger partial charge in [0.25, 0.3) is 0 Å². The molecule has 0 aliphatic heterocycles. The number of hydrogen-bond donors (Lipinski definition) is 2. The van der Waals surface area contributed by atoms with Crippen molar-refractivity contribution >= 4 is 17.3 Å². The summed E-state index contributed by atoms with van der Waals surface area (Å²) >= 11 is 0. The molecule has 2 aromatic heterocycles. The van der Waals surface area contributed by atoms with Crippen LogP contribution in [0.4, 0.5) is 11.6 Å². The predicted molar refractivity (Wildman–Crippen MR) is 78.3 cm³/mol. The van der Waals surface area contributed by atoms with Crippen molar-refractivity contribution in [3.8, 4) is 0 Å². The normalized spacial score (nSPS) is 13.1. The van der Waals surface area contributed by atoms with Crippen molar-refractivity contribution in [2.75, 3.05) is 31.2 Å². The number of nitrogens with one attached hydrogen (secondary N) is 1. The van der Waals surface area contributed by atoms with E-state index < -0.39 is 0 Å². The summed E-state index contributed by atoms with van der Waals surface area (Å²) in [5.41, 5.74) is 6.58. The van der Waals surface area contributed by atoms with Crippen LogP contribution in [-0.2, 0) is 0 Å². The van der Waals surface area contributed by atoms with Gasteiger partial charge in [-0.05, 0) is 20.4 Å². The number of aromatic nitrogens is 3. The van der Waals surface area contributed by atoms with Gasteiger partial charge in [0.2, 0.25) is 0 Å². The van der Waals surface area contributed by atoms with E-state index in [0.29, 0.717) is 11.9 Å². The lowest BCUT2D eigenvalue weighted by Gasteiger charge is -2.23. The Morgan fingerprint density at radius 2 is 2.32 bits per heavy atom. The molecule has 19 heavy (non-hydrogen) atoms. The van der Waals surface area contributed by atoms with E-state index in [1.165, 1.54) is 0 Å². The molecule has 0 saturated heterocycles. The van der Waals surface area contributed by atoms with E-state index in [0.717, 1.165) is 31.0 Å². The molecule has 6 nitrogen and oxygen atoms in total. The zero-order valence-electron chi connectivity index (χ0n) is 11.8. The lowest BCUT2D eigenvalue weighted by Crippen LogP contribution is -2.32. The van der Waals surface area contributed by atoms with E-state index in [1.807, 2.05) is 10.6 Å². The van der Waals surface area contributed by atoms with Gasteiger partial charge >= 0.3 is 0 Å². The molecule has 0 bridgehead atoms. The Balaban J connectivity index is 2.00. The van der Waals surface area contributed by atoms with Crippen molar-refractivity contribution in [1.82, 2.24) is 19.3 Å². The third-order valence-electron chi connectivity index (χ3n) is 3.49. The number of rotatable bonds is 6. The average molecular weight is 262 g/mol. The highest BCUT2D eigenvalue weighted by molar-refractivity contribution is 5.64. The Morgan fingerprint density at radius 3 is 3.05 bits per heavy atom. The van der Waals surface area contributed by atoms with Crippen LogP contribution in [0.25, 0.3) is 5.65 Å². The summed E-state index contributed by atoms with van der Waals surface area (Å²) in [6, 6.07) is 0.585. The Hall–Kier alpha value is -1.82. The number of nitrogens with two attached hydrogens (primary N) is 1. The maximum atomic E-state index is 5.78. The number of likely N-dealkylation sites (N-methyl/N-ethyl adjacent to an activating group) is 1. The Kier molecular flexibility index (Phi) is 4.21. The molecule has 0 saturated carbocycles. The lowest BCUT2D eigenvalue weighted by atomic mass is 10.2. The maximum Gasteiger partial charge on any atom is 0.180 e. The SMILES string of the molecule is CCC(C)N(C)CCNc1nc(N)cn2ccnc12. The number of nitrogens with zero attached hydrogens (tertiary/aromatic N) is 4. The summed E-state index contributed by atoms with van der Waals surface area (Å²) in [7, 11) is 2.13. The number of hydrogen-bond acceptors (Lipinski definition) is 5. The summed E-state index contributed by atoms with van der Waals surface area (Å²) in [6.07, 6.45) is 6.52. The molecule has 2 aromatic rings. The van der Waals surface area contributed by atoms with Crippen molar-refractivity contribution in [3.05, 3.63) is 18.6 Å². The predicted octanol–water partition coefficient (Wildman–Crippen LogP) is 1.45. The van der Waals surface area contributed by atoms with Crippen molar-refractivity contribution in [1.29, 1.82) is 0 Å². The molecule has 0 aromatic carbocycles. The molecule has 2 rings (SSSR count). The molecular formula is C13H22N6. The van der Waals surface area contributed by atoms with Crippen molar-refractivity contribution < 1.29 is 0 Å². The van der Waals surface area contributed by atoms with Crippen LogP contribution in [0.3, 0.4) is 0 Å². The van der Waals surface area contributed by atoms with Crippen LogP contribution in [0.15, 0.2) is 18.6 Å². The van der Waals surface area contributed by atoms with E-state index in [9.17, 15) is 0 Å². The molecule has 104 valence electrons. The number of imidazole rings is 1. The summed E-state index contributed by atoms with van der Waals surface area (Å²) < 4.78 is 1.88. The Bertz CT molecular complexity index is 535. The van der Waals surface area contributed by atoms with Crippen molar-refractivity contribution in [2.45, 2.75) is 26.3 Å². The smallest absolute Gasteiger partial charge is 0.180 e. The minimum absolute atomic E-state index is 0.489. The lowest BCUT2D eigenvalue weighted by molar-refractivity contribution is 0.261. The van der Waals surface area contributed by atoms with Gasteiger partial charge in [-0.2, -0.15) is 0 Å². The first-order chi connectivity index (χ1) is 9.11. The molecular weight excluding hydrogens is 240 g/mol. The highest BCUT2D eigenvalue weighted by atomic mass is 15.2. The highest BCUT2D eigenvalue weighted by Gasteiger charge is 2.08. The van der Waals surface area contributed by atoms with Gasteiger partial charge in [0, 0.05) is 31.5 Å². The standard InChI is InChI=1S/C13H22N6/c1-4-10(2)18(3)7-5-15-12-13-16-6-8-19(13)9-11(14)17-12/h6,8-10H,4-5,7,14H2,1-3H3,(H,15,17). The Morgan fingerprint density at radius 1 is 1.53 bits per heavy atom. The first-order valence-electron chi connectivity index (χ1n) is 6.65. The molecule has 0 radical (unpaired) electrons. The van der Waals surface area contributed by atoms with Crippen LogP contribution in [0.2, 0.25) is 0 Å². The van der Waals surface area contributed by atoms with Crippen molar-refractivity contribution in [3.63, 3.8) is 0 Å². The fraction of sp³-hybridized carbons (Fsp3) is 0.538. The molecule has 0 fully saturated rings. The first kappa shape index (κ1) is 13.6. The van der Waals surface area contributed by atoms with Gasteiger partial charge in [0.1, 0.15) is 5.82 Å². The van der Waals surface area contributed by atoms with Gasteiger partial charge in [0.15, 0.2) is 11.5 Å². The second-order valence-corrected chi connectivity index (χ2v) is 4.84. The van der Waals surface area contributed by atoms with Gasteiger partial charge in [-0.3, -0.25) is 0 Å². The highest BCUT2D eigenvalue weighted by Crippen LogP contribution is 2.14. The second kappa shape index (κ2) is 5.88. The maximum absolute atomic E-state index is 5.78. The average Bonchev–Trinajstić information content (AvgIpc) is 2.85. The number of anilines is 2. The second-order valence-electron chi connectivity index (χ2n) is 4.84. The summed E-state index contributed by atoms with van der Waals surface area (Å²) in [5, 5.41) is 3.31. The van der Waals surface area contributed by atoms with E-state index in [-0.39, 0.29) is 0 Å². The number of fused-ring (bicyclic) bond motifs is 1. The van der Waals surface area contributed by atoms with Crippen LogP contribution >= 0.6 is 0 Å². The quantitative estimate of drug-likeness (QED) is 0.824. The van der Waals surface area contributed by atoms with Gasteiger partial charge in [-0.25, -0.2) is 9.97 Å². The molecule has 2 heterocycles. The summed E-state index contributed by atoms with van der Waals surface area (Å²) in [6.45, 7) is 6.20. The van der Waals surface area contributed by atoms with Crippen LogP contribution in [0.5, 0.6) is 0 Å². The fourth-order valence-electron chi connectivity index (χ4n) is 1.95. The van der Waals surface area contributed by atoms with Crippen LogP contribution in [0, 0.1) is 0 Å². The zero-order valence-corrected chi connectivity index (χ0v) is 11.8. The summed E-state index contributed by atoms with van der Waals surface area (Å²) in [4.78, 5) is 10.9. The van der Waals surface area contributed by atoms with Crippen molar-refractivity contribution in [2.24, 2.45) is 0 Å². The third-order valence-corrected chi connectivity index (χ3v) is 3.49. The van der Waals surface area contributed by atoms with Gasteiger partial charge < -0.3 is 20.4 Å². The molecule has 0 amide bonds. The van der Waals surface area contributed by atoms with Crippen LogP contribution in [0.1, 0.15) is 20.3 Å². The van der Waals surface area contributed by atoms with Gasteiger partial charge in [0.05, 0.1) is 6.20 Å². The molecule has 3 N–H and O–H groups in total. The minimum atomic E-state index is 0.489. The molecule has 0 aliphatic rings. The fourth-order valence-corrected chi connectivity index (χ4v) is 1.95.